The molecule has 0 saturated heterocycles. The molecule has 1 aromatic rings. The fraction of sp³-hybridized carbons (Fsp3) is 0.333. The monoisotopic (exact) mass is 268 g/mol. The van der Waals surface area contributed by atoms with E-state index in [0.29, 0.717) is 5.75 Å². The van der Waals surface area contributed by atoms with Crippen LogP contribution in [0.15, 0.2) is 24.3 Å². The molecule has 0 radical (unpaired) electrons. The molecule has 18 heavy (non-hydrogen) atoms. The number of carbonyl (C=O) groups excluding carboxylic acids is 2. The van der Waals surface area contributed by atoms with Gasteiger partial charge in [-0.3, -0.25) is 10.1 Å². The van der Waals surface area contributed by atoms with Crippen LogP contribution in [-0.2, 0) is 10.5 Å². The molecule has 0 aromatic heterocycles. The second-order valence-electron chi connectivity index (χ2n) is 3.47. The van der Waals surface area contributed by atoms with Crippen molar-refractivity contribution >= 4 is 23.7 Å². The number of benzene rings is 1. The predicted molar refractivity (Wildman–Crippen MR) is 71.8 cm³/mol. The van der Waals surface area contributed by atoms with Crippen molar-refractivity contribution < 1.29 is 14.3 Å². The Kier molecular flexibility index (Phi) is 6.07. The van der Waals surface area contributed by atoms with Gasteiger partial charge in [0.2, 0.25) is 5.91 Å². The minimum Gasteiger partial charge on any atom is -0.497 e. The summed E-state index contributed by atoms with van der Waals surface area (Å²) in [5.41, 5.74) is 1.08. The lowest BCUT2D eigenvalue weighted by atomic mass is 10.2. The molecule has 0 aliphatic heterocycles. The van der Waals surface area contributed by atoms with Crippen molar-refractivity contribution in [2.75, 3.05) is 19.9 Å². The van der Waals surface area contributed by atoms with Crippen LogP contribution in [0.25, 0.3) is 0 Å². The number of carbonyl (C=O) groups is 2. The predicted octanol–water partition coefficient (Wildman–Crippen LogP) is 1.38. The molecule has 0 heterocycles. The Bertz CT molecular complexity index is 424. The summed E-state index contributed by atoms with van der Waals surface area (Å²) >= 11 is 1.44. The first-order valence-corrected chi connectivity index (χ1v) is 6.53. The summed E-state index contributed by atoms with van der Waals surface area (Å²) in [5.74, 6) is 1.42. The lowest BCUT2D eigenvalue weighted by Crippen LogP contribution is -2.38. The number of urea groups is 1. The van der Waals surface area contributed by atoms with Crippen LogP contribution in [0.3, 0.4) is 0 Å². The molecule has 2 N–H and O–H groups in total. The summed E-state index contributed by atoms with van der Waals surface area (Å²) in [5, 5.41) is 4.53. The summed E-state index contributed by atoms with van der Waals surface area (Å²) in [4.78, 5) is 22.2. The van der Waals surface area contributed by atoms with Crippen LogP contribution in [-0.4, -0.2) is 31.8 Å². The number of thioether (sulfide) groups is 1. The fourth-order valence-corrected chi connectivity index (χ4v) is 2.02. The molecule has 0 bridgehead atoms. The van der Waals surface area contributed by atoms with Gasteiger partial charge < -0.3 is 10.1 Å². The zero-order valence-corrected chi connectivity index (χ0v) is 11.2. The second kappa shape index (κ2) is 7.60. The van der Waals surface area contributed by atoms with Crippen LogP contribution in [0.1, 0.15) is 5.56 Å². The van der Waals surface area contributed by atoms with Gasteiger partial charge in [-0.15, -0.1) is 11.8 Å². The van der Waals surface area contributed by atoms with Crippen molar-refractivity contribution in [3.05, 3.63) is 29.8 Å². The first-order valence-electron chi connectivity index (χ1n) is 5.38. The molecule has 0 atom stereocenters. The summed E-state index contributed by atoms with van der Waals surface area (Å²) in [6.45, 7) is 0. The Labute approximate surface area is 110 Å². The number of ether oxygens (including phenoxy) is 1. The maximum Gasteiger partial charge on any atom is 0.321 e. The molecule has 0 fully saturated rings. The minimum atomic E-state index is -0.484. The SMILES string of the molecule is CNC(=O)NC(=O)CSCc1cccc(OC)c1. The van der Waals surface area contributed by atoms with Crippen LogP contribution in [0, 0.1) is 0 Å². The molecule has 0 saturated carbocycles. The standard InChI is InChI=1S/C12H16N2O3S/c1-13-12(16)14-11(15)8-18-7-9-4-3-5-10(6-9)17-2/h3-6H,7-8H2,1-2H3,(H2,13,14,15,16). The molecule has 0 spiro atoms. The third-order valence-electron chi connectivity index (χ3n) is 2.12. The van der Waals surface area contributed by atoms with E-state index in [9.17, 15) is 9.59 Å². The number of nitrogens with one attached hydrogen (secondary N) is 2. The average Bonchev–Trinajstić information content (AvgIpc) is 2.38. The normalized spacial score (nSPS) is 9.67. The average molecular weight is 268 g/mol. The van der Waals surface area contributed by atoms with E-state index in [4.69, 9.17) is 4.74 Å². The number of imide groups is 1. The smallest absolute Gasteiger partial charge is 0.321 e. The Morgan fingerprint density at radius 1 is 1.39 bits per heavy atom. The summed E-state index contributed by atoms with van der Waals surface area (Å²) in [7, 11) is 3.08. The van der Waals surface area contributed by atoms with Gasteiger partial charge in [0.15, 0.2) is 0 Å². The quantitative estimate of drug-likeness (QED) is 0.846. The fourth-order valence-electron chi connectivity index (χ4n) is 1.25. The van der Waals surface area contributed by atoms with Gasteiger partial charge >= 0.3 is 6.03 Å². The Hall–Kier alpha value is -1.69. The van der Waals surface area contributed by atoms with Crippen molar-refractivity contribution in [1.82, 2.24) is 10.6 Å². The second-order valence-corrected chi connectivity index (χ2v) is 4.46. The molecule has 5 nitrogen and oxygen atoms in total. The van der Waals surface area contributed by atoms with E-state index in [-0.39, 0.29) is 11.7 Å². The topological polar surface area (TPSA) is 67.4 Å². The number of methoxy groups -OCH3 is 1. The highest BCUT2D eigenvalue weighted by atomic mass is 32.2. The van der Waals surface area contributed by atoms with E-state index in [2.05, 4.69) is 10.6 Å². The number of rotatable bonds is 5. The maximum atomic E-state index is 11.3. The summed E-state index contributed by atoms with van der Waals surface area (Å²) in [6.07, 6.45) is 0. The number of amides is 3. The van der Waals surface area contributed by atoms with E-state index in [1.807, 2.05) is 24.3 Å². The van der Waals surface area contributed by atoms with Crippen LogP contribution in [0.4, 0.5) is 4.79 Å². The lowest BCUT2D eigenvalue weighted by molar-refractivity contribution is -0.117. The highest BCUT2D eigenvalue weighted by molar-refractivity contribution is 7.99. The first kappa shape index (κ1) is 14.4. The van der Waals surface area contributed by atoms with Crippen molar-refractivity contribution in [2.45, 2.75) is 5.75 Å². The van der Waals surface area contributed by atoms with Crippen LogP contribution < -0.4 is 15.4 Å². The Balaban J connectivity index is 2.32. The Morgan fingerprint density at radius 2 is 2.17 bits per heavy atom. The van der Waals surface area contributed by atoms with Crippen molar-refractivity contribution in [2.24, 2.45) is 0 Å². The molecular formula is C12H16N2O3S. The van der Waals surface area contributed by atoms with Gasteiger partial charge in [0.1, 0.15) is 5.75 Å². The van der Waals surface area contributed by atoms with E-state index in [1.165, 1.54) is 18.8 Å². The largest absolute Gasteiger partial charge is 0.497 e. The van der Waals surface area contributed by atoms with E-state index < -0.39 is 6.03 Å². The molecule has 98 valence electrons. The first-order chi connectivity index (χ1) is 8.65. The Morgan fingerprint density at radius 3 is 2.83 bits per heavy atom. The maximum absolute atomic E-state index is 11.3. The van der Waals surface area contributed by atoms with Crippen LogP contribution in [0.2, 0.25) is 0 Å². The zero-order valence-electron chi connectivity index (χ0n) is 10.4. The number of hydrogen-bond acceptors (Lipinski definition) is 4. The van der Waals surface area contributed by atoms with E-state index >= 15 is 0 Å². The molecule has 0 unspecified atom stereocenters. The molecule has 1 rings (SSSR count). The zero-order chi connectivity index (χ0) is 13.4. The summed E-state index contributed by atoms with van der Waals surface area (Å²) < 4.78 is 5.11. The van der Waals surface area contributed by atoms with E-state index in [0.717, 1.165) is 11.3 Å². The lowest BCUT2D eigenvalue weighted by Gasteiger charge is -2.05. The van der Waals surface area contributed by atoms with Crippen LogP contribution in [0.5, 0.6) is 5.75 Å². The van der Waals surface area contributed by atoms with E-state index in [1.54, 1.807) is 7.11 Å². The number of hydrogen-bond donors (Lipinski definition) is 2. The molecule has 3 amide bonds. The highest BCUT2D eigenvalue weighted by Gasteiger charge is 2.05. The third kappa shape index (κ3) is 5.09. The van der Waals surface area contributed by atoms with Gasteiger partial charge in [-0.2, -0.15) is 0 Å². The van der Waals surface area contributed by atoms with Gasteiger partial charge in [-0.05, 0) is 17.7 Å². The van der Waals surface area contributed by atoms with Gasteiger partial charge in [0.05, 0.1) is 12.9 Å². The summed E-state index contributed by atoms with van der Waals surface area (Å²) in [6, 6.07) is 7.17. The molecule has 1 aromatic carbocycles. The van der Waals surface area contributed by atoms with Gasteiger partial charge in [-0.1, -0.05) is 12.1 Å². The molecular weight excluding hydrogens is 252 g/mol. The van der Waals surface area contributed by atoms with Crippen molar-refractivity contribution in [1.29, 1.82) is 0 Å². The van der Waals surface area contributed by atoms with Crippen molar-refractivity contribution in [3.63, 3.8) is 0 Å². The third-order valence-corrected chi connectivity index (χ3v) is 3.12. The van der Waals surface area contributed by atoms with Crippen LogP contribution >= 0.6 is 11.8 Å². The van der Waals surface area contributed by atoms with Gasteiger partial charge in [0, 0.05) is 12.8 Å². The minimum absolute atomic E-state index is 0.241. The molecule has 6 heteroatoms. The van der Waals surface area contributed by atoms with Crippen molar-refractivity contribution in [3.8, 4) is 5.75 Å². The molecule has 0 aliphatic carbocycles. The van der Waals surface area contributed by atoms with Gasteiger partial charge in [-0.25, -0.2) is 4.79 Å². The molecule has 0 aliphatic rings. The highest BCUT2D eigenvalue weighted by Crippen LogP contribution is 2.17. The van der Waals surface area contributed by atoms with Gasteiger partial charge in [0.25, 0.3) is 0 Å².